The Balaban J connectivity index is 1.69. The van der Waals surface area contributed by atoms with Gasteiger partial charge in [-0.25, -0.2) is 14.2 Å². The van der Waals surface area contributed by atoms with Gasteiger partial charge in [0.2, 0.25) is 0 Å². The molecule has 3 rings (SSSR count). The summed E-state index contributed by atoms with van der Waals surface area (Å²) in [5, 5.41) is 4.02. The molecular weight excluding hydrogens is 336 g/mol. The number of hydrogen-bond donors (Lipinski definition) is 1. The molecule has 4 nitrogen and oxygen atoms in total. The van der Waals surface area contributed by atoms with Gasteiger partial charge in [0.15, 0.2) is 0 Å². The first-order chi connectivity index (χ1) is 12.5. The maximum absolute atomic E-state index is 14.5. The van der Waals surface area contributed by atoms with Gasteiger partial charge in [-0.05, 0) is 62.6 Å². The highest BCUT2D eigenvalue weighted by Crippen LogP contribution is 2.24. The van der Waals surface area contributed by atoms with Crippen molar-refractivity contribution in [3.05, 3.63) is 65.2 Å². The van der Waals surface area contributed by atoms with E-state index in [0.29, 0.717) is 22.5 Å². The van der Waals surface area contributed by atoms with Crippen molar-refractivity contribution in [1.29, 1.82) is 0 Å². The van der Waals surface area contributed by atoms with Crippen molar-refractivity contribution in [1.82, 2.24) is 5.43 Å². The molecule has 0 aliphatic carbocycles. The minimum absolute atomic E-state index is 0.288. The summed E-state index contributed by atoms with van der Waals surface area (Å²) < 4.78 is 27.4. The maximum Gasteiger partial charge on any atom is 0.271 e. The topological polar surface area (TPSA) is 44.7 Å². The molecule has 2 aromatic carbocycles. The van der Waals surface area contributed by atoms with Crippen molar-refractivity contribution in [3.63, 3.8) is 0 Å². The second-order valence-electron chi connectivity index (χ2n) is 6.36. The summed E-state index contributed by atoms with van der Waals surface area (Å²) in [7, 11) is 0. The maximum atomic E-state index is 14.5. The molecule has 1 heterocycles. The molecule has 0 aromatic heterocycles. The number of nitrogens with zero attached hydrogens (tertiary/aromatic N) is 2. The number of nitrogens with one attached hydrogen (secondary N) is 1. The lowest BCUT2D eigenvalue weighted by atomic mass is 10.1. The highest BCUT2D eigenvalue weighted by molar-refractivity contribution is 6.01. The standard InChI is InChI=1S/C20H21F2N3O/c1-14(23-24-20(26)15-5-8-17(21)9-6-15)16-7-10-19(18(22)13-16)25-11-3-2-4-12-25/h5-10,13H,2-4,11-12H2,1H3,(H,24,26)/b23-14+. The first kappa shape index (κ1) is 18.0. The highest BCUT2D eigenvalue weighted by Gasteiger charge is 2.15. The lowest BCUT2D eigenvalue weighted by molar-refractivity contribution is 0.0955. The lowest BCUT2D eigenvalue weighted by Gasteiger charge is -2.29. The number of piperidine rings is 1. The third-order valence-corrected chi connectivity index (χ3v) is 4.49. The Labute approximate surface area is 151 Å². The second-order valence-corrected chi connectivity index (χ2v) is 6.36. The zero-order valence-corrected chi connectivity index (χ0v) is 14.6. The third-order valence-electron chi connectivity index (χ3n) is 4.49. The molecule has 1 fully saturated rings. The van der Waals surface area contributed by atoms with Crippen LogP contribution in [-0.2, 0) is 0 Å². The van der Waals surface area contributed by atoms with Crippen LogP contribution in [0, 0.1) is 11.6 Å². The van der Waals surface area contributed by atoms with Crippen LogP contribution in [0.1, 0.15) is 42.1 Å². The molecule has 1 saturated heterocycles. The van der Waals surface area contributed by atoms with Gasteiger partial charge in [-0.15, -0.1) is 0 Å². The Morgan fingerprint density at radius 3 is 2.31 bits per heavy atom. The Kier molecular flexibility index (Phi) is 5.61. The molecule has 0 atom stereocenters. The molecule has 6 heteroatoms. The fourth-order valence-electron chi connectivity index (χ4n) is 2.99. The molecule has 0 bridgehead atoms. The Bertz CT molecular complexity index is 812. The van der Waals surface area contributed by atoms with Crippen LogP contribution in [0.2, 0.25) is 0 Å². The van der Waals surface area contributed by atoms with Gasteiger partial charge in [-0.2, -0.15) is 5.10 Å². The summed E-state index contributed by atoms with van der Waals surface area (Å²) in [6.45, 7) is 3.44. The molecule has 26 heavy (non-hydrogen) atoms. The predicted octanol–water partition coefficient (Wildman–Crippen LogP) is 4.11. The van der Waals surface area contributed by atoms with Gasteiger partial charge < -0.3 is 4.90 Å². The number of anilines is 1. The number of halogens is 2. The van der Waals surface area contributed by atoms with Crippen molar-refractivity contribution in [2.75, 3.05) is 18.0 Å². The van der Waals surface area contributed by atoms with Crippen LogP contribution in [0.25, 0.3) is 0 Å². The molecule has 0 saturated carbocycles. The quantitative estimate of drug-likeness (QED) is 0.661. The van der Waals surface area contributed by atoms with Gasteiger partial charge in [-0.1, -0.05) is 6.07 Å². The minimum Gasteiger partial charge on any atom is -0.369 e. The van der Waals surface area contributed by atoms with Gasteiger partial charge in [0.05, 0.1) is 11.4 Å². The minimum atomic E-state index is -0.449. The number of hydrogen-bond acceptors (Lipinski definition) is 3. The van der Waals surface area contributed by atoms with Crippen LogP contribution in [0.5, 0.6) is 0 Å². The Morgan fingerprint density at radius 1 is 1.00 bits per heavy atom. The molecular formula is C20H21F2N3O. The molecule has 136 valence electrons. The number of rotatable bonds is 4. The fourth-order valence-corrected chi connectivity index (χ4v) is 2.99. The largest absolute Gasteiger partial charge is 0.369 e. The summed E-state index contributed by atoms with van der Waals surface area (Å²) in [4.78, 5) is 14.1. The van der Waals surface area contributed by atoms with Crippen molar-refractivity contribution in [2.24, 2.45) is 5.10 Å². The molecule has 2 aromatic rings. The molecule has 1 aliphatic heterocycles. The Morgan fingerprint density at radius 2 is 1.65 bits per heavy atom. The van der Waals surface area contributed by atoms with E-state index < -0.39 is 11.7 Å². The molecule has 0 unspecified atom stereocenters. The summed E-state index contributed by atoms with van der Waals surface area (Å²) in [6, 6.07) is 10.2. The van der Waals surface area contributed by atoms with Crippen molar-refractivity contribution < 1.29 is 13.6 Å². The highest BCUT2D eigenvalue weighted by atomic mass is 19.1. The van der Waals surface area contributed by atoms with E-state index in [1.54, 1.807) is 19.1 Å². The first-order valence-corrected chi connectivity index (χ1v) is 8.69. The molecule has 1 amide bonds. The van der Waals surface area contributed by atoms with Crippen molar-refractivity contribution >= 4 is 17.3 Å². The van der Waals surface area contributed by atoms with Gasteiger partial charge in [0, 0.05) is 24.2 Å². The summed E-state index contributed by atoms with van der Waals surface area (Å²) in [5.74, 6) is -1.15. The smallest absolute Gasteiger partial charge is 0.271 e. The average Bonchev–Trinajstić information content (AvgIpc) is 2.67. The monoisotopic (exact) mass is 357 g/mol. The average molecular weight is 357 g/mol. The van der Waals surface area contributed by atoms with Gasteiger partial charge in [0.25, 0.3) is 5.91 Å². The van der Waals surface area contributed by atoms with E-state index in [0.717, 1.165) is 25.9 Å². The molecule has 0 radical (unpaired) electrons. The summed E-state index contributed by atoms with van der Waals surface area (Å²) in [6.07, 6.45) is 3.35. The third kappa shape index (κ3) is 4.25. The number of carbonyl (C=O) groups excluding carboxylic acids is 1. The van der Waals surface area contributed by atoms with Crippen LogP contribution in [0.15, 0.2) is 47.6 Å². The molecule has 1 aliphatic rings. The van der Waals surface area contributed by atoms with E-state index in [9.17, 15) is 13.6 Å². The van der Waals surface area contributed by atoms with Crippen molar-refractivity contribution in [2.45, 2.75) is 26.2 Å². The van der Waals surface area contributed by atoms with Crippen LogP contribution in [0.3, 0.4) is 0 Å². The van der Waals surface area contributed by atoms with Crippen LogP contribution < -0.4 is 10.3 Å². The van der Waals surface area contributed by atoms with E-state index in [1.165, 1.54) is 36.8 Å². The van der Waals surface area contributed by atoms with E-state index >= 15 is 0 Å². The van der Waals surface area contributed by atoms with E-state index in [1.807, 2.05) is 0 Å². The zero-order chi connectivity index (χ0) is 18.5. The zero-order valence-electron chi connectivity index (χ0n) is 14.6. The van der Waals surface area contributed by atoms with Crippen molar-refractivity contribution in [3.8, 4) is 0 Å². The van der Waals surface area contributed by atoms with Crippen LogP contribution >= 0.6 is 0 Å². The van der Waals surface area contributed by atoms with E-state index in [-0.39, 0.29) is 5.82 Å². The van der Waals surface area contributed by atoms with Crippen LogP contribution in [-0.4, -0.2) is 24.7 Å². The van der Waals surface area contributed by atoms with Gasteiger partial charge in [-0.3, -0.25) is 4.79 Å². The Hall–Kier alpha value is -2.76. The van der Waals surface area contributed by atoms with E-state index in [4.69, 9.17) is 0 Å². The number of amides is 1. The summed E-state index contributed by atoms with van der Waals surface area (Å²) in [5.41, 5.74) is 4.41. The SMILES string of the molecule is C/C(=N\NC(=O)c1ccc(F)cc1)c1ccc(N2CCCCC2)c(F)c1. The van der Waals surface area contributed by atoms with Crippen LogP contribution in [0.4, 0.5) is 14.5 Å². The first-order valence-electron chi connectivity index (χ1n) is 8.69. The second kappa shape index (κ2) is 8.08. The summed E-state index contributed by atoms with van der Waals surface area (Å²) >= 11 is 0. The number of hydrazone groups is 1. The van der Waals surface area contributed by atoms with Gasteiger partial charge in [0.1, 0.15) is 11.6 Å². The molecule has 0 spiro atoms. The molecule has 1 N–H and O–H groups in total. The fraction of sp³-hybridized carbons (Fsp3) is 0.300. The predicted molar refractivity (Wildman–Crippen MR) is 98.5 cm³/mol. The lowest BCUT2D eigenvalue weighted by Crippen LogP contribution is -2.30. The van der Waals surface area contributed by atoms with Gasteiger partial charge >= 0.3 is 0 Å². The normalized spacial score (nSPS) is 15.0. The number of carbonyl (C=O) groups is 1. The number of benzene rings is 2. The van der Waals surface area contributed by atoms with E-state index in [2.05, 4.69) is 15.4 Å².